The van der Waals surface area contributed by atoms with Crippen LogP contribution in [0.3, 0.4) is 0 Å². The molecule has 0 saturated carbocycles. The van der Waals surface area contributed by atoms with Gasteiger partial charge in [-0.3, -0.25) is 0 Å². The van der Waals surface area contributed by atoms with Gasteiger partial charge in [0.05, 0.1) is 11.5 Å². The van der Waals surface area contributed by atoms with E-state index in [-0.39, 0.29) is 11.5 Å². The molecule has 0 unspecified atom stereocenters. The highest BCUT2D eigenvalue weighted by Crippen LogP contribution is 2.15. The molecule has 1 aromatic rings. The Kier molecular flexibility index (Phi) is 7.31. The van der Waals surface area contributed by atoms with Crippen LogP contribution in [0.4, 0.5) is 0 Å². The molecule has 1 rings (SSSR count). The second-order valence-electron chi connectivity index (χ2n) is 5.02. The quantitative estimate of drug-likeness (QED) is 0.678. The highest BCUT2D eigenvalue weighted by molar-refractivity contribution is 7.89. The summed E-state index contributed by atoms with van der Waals surface area (Å²) in [6.45, 7) is 9.12. The van der Waals surface area contributed by atoms with Crippen molar-refractivity contribution in [2.24, 2.45) is 0 Å². The maximum atomic E-state index is 12.2. The maximum Gasteiger partial charge on any atom is 0.240 e. The Balaban J connectivity index is 2.61. The normalized spacial score (nSPS) is 12.0. The monoisotopic (exact) mass is 314 g/mol. The Morgan fingerprint density at radius 3 is 2.48 bits per heavy atom. The summed E-state index contributed by atoms with van der Waals surface area (Å²) in [5.41, 5.74) is 1.53. The van der Waals surface area contributed by atoms with Crippen LogP contribution in [-0.4, -0.2) is 44.6 Å². The van der Waals surface area contributed by atoms with Gasteiger partial charge in [0, 0.05) is 6.54 Å². The summed E-state index contributed by atoms with van der Waals surface area (Å²) < 4.78 is 27.0. The van der Waals surface area contributed by atoms with Gasteiger partial charge in [-0.25, -0.2) is 13.1 Å². The predicted octanol–water partition coefficient (Wildman–Crippen LogP) is 1.50. The number of nitrogens with zero attached hydrogens (tertiary/aromatic N) is 1. The molecule has 5 nitrogen and oxygen atoms in total. The van der Waals surface area contributed by atoms with Crippen LogP contribution < -0.4 is 4.72 Å². The van der Waals surface area contributed by atoms with Gasteiger partial charge in [0.1, 0.15) is 0 Å². The van der Waals surface area contributed by atoms with Crippen molar-refractivity contribution in [3.8, 4) is 0 Å². The van der Waals surface area contributed by atoms with Gasteiger partial charge in [0.25, 0.3) is 0 Å². The molecule has 0 radical (unpaired) electrons. The lowest BCUT2D eigenvalue weighted by atomic mass is 10.1. The van der Waals surface area contributed by atoms with Crippen molar-refractivity contribution in [2.75, 3.05) is 26.2 Å². The van der Waals surface area contributed by atoms with E-state index in [0.29, 0.717) is 12.1 Å². The number of hydrogen-bond acceptors (Lipinski definition) is 4. The minimum absolute atomic E-state index is 0.156. The molecule has 0 spiro atoms. The van der Waals surface area contributed by atoms with Gasteiger partial charge in [0.2, 0.25) is 10.0 Å². The molecule has 21 heavy (non-hydrogen) atoms. The third-order valence-electron chi connectivity index (χ3n) is 3.64. The van der Waals surface area contributed by atoms with Crippen LogP contribution >= 0.6 is 0 Å². The molecule has 0 aliphatic carbocycles. The van der Waals surface area contributed by atoms with Gasteiger partial charge in [0.15, 0.2) is 0 Å². The lowest BCUT2D eigenvalue weighted by Crippen LogP contribution is -2.30. The molecule has 0 aromatic heterocycles. The van der Waals surface area contributed by atoms with Crippen molar-refractivity contribution in [1.29, 1.82) is 0 Å². The third-order valence-corrected chi connectivity index (χ3v) is 5.10. The topological polar surface area (TPSA) is 69.6 Å². The largest absolute Gasteiger partial charge is 0.392 e. The average Bonchev–Trinajstić information content (AvgIpc) is 2.47. The molecule has 0 fully saturated rings. The van der Waals surface area contributed by atoms with Crippen molar-refractivity contribution in [2.45, 2.75) is 38.7 Å². The van der Waals surface area contributed by atoms with E-state index in [1.165, 1.54) is 6.07 Å². The van der Waals surface area contributed by atoms with Crippen LogP contribution in [0, 0.1) is 6.92 Å². The number of hydrogen-bond donors (Lipinski definition) is 2. The van der Waals surface area contributed by atoms with Gasteiger partial charge in [-0.15, -0.1) is 0 Å². The van der Waals surface area contributed by atoms with Crippen LogP contribution in [0.1, 0.15) is 31.4 Å². The first kappa shape index (κ1) is 18.1. The van der Waals surface area contributed by atoms with Crippen LogP contribution in [-0.2, 0) is 16.6 Å². The van der Waals surface area contributed by atoms with Gasteiger partial charge in [-0.05, 0) is 56.2 Å². The van der Waals surface area contributed by atoms with Gasteiger partial charge in [-0.1, -0.05) is 19.9 Å². The van der Waals surface area contributed by atoms with Crippen LogP contribution in [0.2, 0.25) is 0 Å². The zero-order valence-electron chi connectivity index (χ0n) is 13.1. The summed E-state index contributed by atoms with van der Waals surface area (Å²) in [5.74, 6) is 0. The summed E-state index contributed by atoms with van der Waals surface area (Å²) in [4.78, 5) is 2.46. The summed E-state index contributed by atoms with van der Waals surface area (Å²) >= 11 is 0. The van der Waals surface area contributed by atoms with E-state index < -0.39 is 10.0 Å². The van der Waals surface area contributed by atoms with E-state index in [2.05, 4.69) is 23.5 Å². The Morgan fingerprint density at radius 2 is 1.90 bits per heavy atom. The second-order valence-corrected chi connectivity index (χ2v) is 6.79. The van der Waals surface area contributed by atoms with Gasteiger partial charge >= 0.3 is 0 Å². The molecule has 0 aliphatic heterocycles. The van der Waals surface area contributed by atoms with Crippen molar-refractivity contribution in [3.05, 3.63) is 29.3 Å². The molecule has 6 heteroatoms. The average molecular weight is 314 g/mol. The minimum atomic E-state index is -3.50. The fourth-order valence-corrected chi connectivity index (χ4v) is 3.24. The summed E-state index contributed by atoms with van der Waals surface area (Å²) in [6, 6.07) is 4.82. The zero-order chi connectivity index (χ0) is 15.9. The minimum Gasteiger partial charge on any atom is -0.392 e. The van der Waals surface area contributed by atoms with Crippen LogP contribution in [0.25, 0.3) is 0 Å². The van der Waals surface area contributed by atoms with Crippen molar-refractivity contribution < 1.29 is 13.5 Å². The second kappa shape index (κ2) is 8.48. The van der Waals surface area contributed by atoms with E-state index in [1.54, 1.807) is 12.1 Å². The zero-order valence-corrected chi connectivity index (χ0v) is 13.9. The summed E-state index contributed by atoms with van der Waals surface area (Å²) in [6.07, 6.45) is 0.777. The number of rotatable bonds is 9. The maximum absolute atomic E-state index is 12.2. The highest BCUT2D eigenvalue weighted by Gasteiger charge is 2.14. The number of sulfonamides is 1. The summed E-state index contributed by atoms with van der Waals surface area (Å²) in [5, 5.41) is 9.22. The standard InChI is InChI=1S/C15H26N2O3S/c1-4-17(5-2)10-6-9-16-21(19,20)15-8-7-13(3)14(11-15)12-18/h7-8,11,16,18H,4-6,9-10,12H2,1-3H3. The SMILES string of the molecule is CCN(CC)CCCNS(=O)(=O)c1ccc(C)c(CO)c1. The predicted molar refractivity (Wildman–Crippen MR) is 84.7 cm³/mol. The molecule has 0 atom stereocenters. The van der Waals surface area contributed by atoms with Crippen molar-refractivity contribution in [1.82, 2.24) is 9.62 Å². The van der Waals surface area contributed by atoms with E-state index in [4.69, 9.17) is 0 Å². The highest BCUT2D eigenvalue weighted by atomic mass is 32.2. The first-order valence-corrected chi connectivity index (χ1v) is 8.85. The molecule has 0 amide bonds. The third kappa shape index (κ3) is 5.39. The molecule has 120 valence electrons. The number of aliphatic hydroxyl groups is 1. The smallest absolute Gasteiger partial charge is 0.240 e. The first-order chi connectivity index (χ1) is 9.94. The molecule has 0 aliphatic rings. The van der Waals surface area contributed by atoms with E-state index in [9.17, 15) is 13.5 Å². The summed E-state index contributed by atoms with van der Waals surface area (Å²) in [7, 11) is -3.50. The van der Waals surface area contributed by atoms with E-state index in [0.717, 1.165) is 31.6 Å². The number of nitrogens with one attached hydrogen (secondary N) is 1. The molecule has 0 heterocycles. The van der Waals surface area contributed by atoms with E-state index in [1.807, 2.05) is 6.92 Å². The lowest BCUT2D eigenvalue weighted by molar-refractivity contribution is 0.280. The Hall–Kier alpha value is -0.950. The lowest BCUT2D eigenvalue weighted by Gasteiger charge is -2.17. The Bertz CT molecular complexity index is 540. The number of aryl methyl sites for hydroxylation is 1. The first-order valence-electron chi connectivity index (χ1n) is 7.37. The fourth-order valence-electron chi connectivity index (χ4n) is 2.12. The van der Waals surface area contributed by atoms with Crippen molar-refractivity contribution in [3.63, 3.8) is 0 Å². The van der Waals surface area contributed by atoms with Crippen LogP contribution in [0.5, 0.6) is 0 Å². The van der Waals surface area contributed by atoms with Crippen molar-refractivity contribution >= 4 is 10.0 Å². The molecule has 0 bridgehead atoms. The van der Waals surface area contributed by atoms with E-state index >= 15 is 0 Å². The van der Waals surface area contributed by atoms with Crippen LogP contribution in [0.15, 0.2) is 23.1 Å². The number of aliphatic hydroxyl groups excluding tert-OH is 1. The molecular formula is C15H26N2O3S. The van der Waals surface area contributed by atoms with Gasteiger partial charge in [-0.2, -0.15) is 0 Å². The molecule has 2 N–H and O–H groups in total. The fraction of sp³-hybridized carbons (Fsp3) is 0.600. The molecular weight excluding hydrogens is 288 g/mol. The number of benzene rings is 1. The van der Waals surface area contributed by atoms with Gasteiger partial charge < -0.3 is 10.0 Å². The Labute approximate surface area is 128 Å². The molecule has 0 saturated heterocycles. The Morgan fingerprint density at radius 1 is 1.24 bits per heavy atom. The molecule has 1 aromatic carbocycles.